The number of nitrogens with zero attached hydrogens (tertiary/aromatic N) is 2. The molecule has 1 saturated heterocycles. The van der Waals surface area contributed by atoms with E-state index in [1.807, 2.05) is 0 Å². The molecule has 0 N–H and O–H groups in total. The van der Waals surface area contributed by atoms with Crippen molar-refractivity contribution in [2.24, 2.45) is 4.99 Å². The van der Waals surface area contributed by atoms with Crippen molar-refractivity contribution in [2.45, 2.75) is 31.5 Å². The highest BCUT2D eigenvalue weighted by Gasteiger charge is 2.36. The summed E-state index contributed by atoms with van der Waals surface area (Å²) < 4.78 is 39.9. The summed E-state index contributed by atoms with van der Waals surface area (Å²) in [7, 11) is 0. The zero-order valence-electron chi connectivity index (χ0n) is 15.0. The molecule has 2 aliphatic heterocycles. The van der Waals surface area contributed by atoms with Crippen LogP contribution in [0.2, 0.25) is 5.02 Å². The fraction of sp³-hybridized carbons (Fsp3) is 0.333. The van der Waals surface area contributed by atoms with E-state index < -0.39 is 11.7 Å². The van der Waals surface area contributed by atoms with Gasteiger partial charge in [-0.1, -0.05) is 35.9 Å². The molecule has 2 aliphatic rings. The Hall–Kier alpha value is -2.34. The Balaban J connectivity index is 1.47. The molecule has 3 nitrogen and oxygen atoms in total. The van der Waals surface area contributed by atoms with Gasteiger partial charge in [0.05, 0.1) is 12.1 Å². The van der Waals surface area contributed by atoms with Crippen LogP contribution in [0.4, 0.5) is 13.2 Å². The number of hydrogen-bond donors (Lipinski definition) is 0. The summed E-state index contributed by atoms with van der Waals surface area (Å²) in [4.78, 5) is 19.0. The van der Waals surface area contributed by atoms with Crippen molar-refractivity contribution in [3.05, 3.63) is 69.7 Å². The Morgan fingerprint density at radius 3 is 2.54 bits per heavy atom. The predicted octanol–water partition coefficient (Wildman–Crippen LogP) is 5.07. The van der Waals surface area contributed by atoms with E-state index in [0.717, 1.165) is 17.2 Å². The van der Waals surface area contributed by atoms with Gasteiger partial charge in [-0.3, -0.25) is 9.79 Å². The highest BCUT2D eigenvalue weighted by Crippen LogP contribution is 2.38. The summed E-state index contributed by atoms with van der Waals surface area (Å²) in [5.74, 6) is -0.373. The summed E-state index contributed by atoms with van der Waals surface area (Å²) in [6.45, 7) is 1.25. The predicted molar refractivity (Wildman–Crippen MR) is 102 cm³/mol. The van der Waals surface area contributed by atoms with Gasteiger partial charge in [0.25, 0.3) is 5.91 Å². The molecule has 28 heavy (non-hydrogen) atoms. The molecule has 0 aromatic heterocycles. The molecular formula is C21H18ClF3N2O. The lowest BCUT2D eigenvalue weighted by molar-refractivity contribution is -0.138. The van der Waals surface area contributed by atoms with Gasteiger partial charge in [-0.25, -0.2) is 0 Å². The molecule has 0 aliphatic carbocycles. The largest absolute Gasteiger partial charge is 0.416 e. The molecule has 7 heteroatoms. The molecule has 2 heterocycles. The number of alkyl halides is 3. The van der Waals surface area contributed by atoms with E-state index >= 15 is 0 Å². The molecule has 0 unspecified atom stereocenters. The Kier molecular flexibility index (Phi) is 4.91. The molecule has 0 atom stereocenters. The number of piperidine rings is 1. The van der Waals surface area contributed by atoms with Crippen molar-refractivity contribution in [3.63, 3.8) is 0 Å². The Bertz CT molecular complexity index is 947. The number of aliphatic imine (C=N–C) groups is 1. The van der Waals surface area contributed by atoms with Gasteiger partial charge in [-0.15, -0.1) is 0 Å². The highest BCUT2D eigenvalue weighted by molar-refractivity contribution is 6.46. The van der Waals surface area contributed by atoms with Crippen LogP contribution in [-0.4, -0.2) is 29.6 Å². The van der Waals surface area contributed by atoms with E-state index in [-0.39, 0.29) is 11.8 Å². The smallest absolute Gasteiger partial charge is 0.337 e. The summed E-state index contributed by atoms with van der Waals surface area (Å²) in [5, 5.41) is 0.604. The second kappa shape index (κ2) is 7.24. The summed E-state index contributed by atoms with van der Waals surface area (Å²) in [5.41, 5.74) is 1.87. The number of carbonyl (C=O) groups excluding carboxylic acids is 1. The molecule has 146 valence electrons. The molecule has 0 radical (unpaired) electrons. The van der Waals surface area contributed by atoms with E-state index in [9.17, 15) is 18.0 Å². The maximum Gasteiger partial charge on any atom is 0.416 e. The van der Waals surface area contributed by atoms with Crippen LogP contribution in [-0.2, 0) is 17.5 Å². The zero-order chi connectivity index (χ0) is 19.9. The van der Waals surface area contributed by atoms with Gasteiger partial charge in [0, 0.05) is 23.7 Å². The first kappa shape index (κ1) is 19.0. The van der Waals surface area contributed by atoms with E-state index in [2.05, 4.69) is 4.99 Å². The fourth-order valence-corrected chi connectivity index (χ4v) is 4.21. The average molecular weight is 407 g/mol. The first-order valence-corrected chi connectivity index (χ1v) is 9.51. The van der Waals surface area contributed by atoms with Crippen LogP contribution < -0.4 is 0 Å². The maximum absolute atomic E-state index is 13.3. The summed E-state index contributed by atoms with van der Waals surface area (Å²) in [6.07, 6.45) is -3.37. The molecular weight excluding hydrogens is 389 g/mol. The van der Waals surface area contributed by atoms with Crippen molar-refractivity contribution >= 4 is 23.2 Å². The topological polar surface area (TPSA) is 32.7 Å². The van der Waals surface area contributed by atoms with E-state index in [0.29, 0.717) is 48.8 Å². The number of likely N-dealkylation sites (tertiary alicyclic amines) is 1. The van der Waals surface area contributed by atoms with Crippen LogP contribution in [0.3, 0.4) is 0 Å². The van der Waals surface area contributed by atoms with Gasteiger partial charge >= 0.3 is 6.18 Å². The third-order valence-electron chi connectivity index (χ3n) is 5.42. The summed E-state index contributed by atoms with van der Waals surface area (Å²) in [6, 6.07) is 11.1. The monoisotopic (exact) mass is 406 g/mol. The van der Waals surface area contributed by atoms with Crippen LogP contribution in [0, 0.1) is 0 Å². The van der Waals surface area contributed by atoms with Crippen molar-refractivity contribution in [3.8, 4) is 0 Å². The van der Waals surface area contributed by atoms with Gasteiger partial charge in [-0.2, -0.15) is 13.2 Å². The second-order valence-corrected chi connectivity index (χ2v) is 7.55. The molecule has 4 rings (SSSR count). The van der Waals surface area contributed by atoms with Crippen LogP contribution in [0.1, 0.15) is 41.0 Å². The van der Waals surface area contributed by atoms with E-state index in [1.165, 1.54) is 6.07 Å². The molecule has 2 aromatic rings. The Morgan fingerprint density at radius 2 is 1.82 bits per heavy atom. The first-order chi connectivity index (χ1) is 13.3. The van der Waals surface area contributed by atoms with E-state index in [1.54, 1.807) is 35.2 Å². The molecule has 1 fully saturated rings. The highest BCUT2D eigenvalue weighted by atomic mass is 35.5. The lowest BCUT2D eigenvalue weighted by Crippen LogP contribution is -2.41. The minimum Gasteiger partial charge on any atom is -0.337 e. The SMILES string of the molecule is O=C(C1=NCc2cc(Cl)ccc21)N1CCC(c2ccccc2C(F)(F)F)CC1. The Labute approximate surface area is 165 Å². The number of halogens is 4. The molecule has 0 saturated carbocycles. The quantitative estimate of drug-likeness (QED) is 0.685. The van der Waals surface area contributed by atoms with Crippen molar-refractivity contribution in [1.29, 1.82) is 0 Å². The minimum atomic E-state index is -4.37. The molecule has 1 amide bonds. The van der Waals surface area contributed by atoms with Crippen molar-refractivity contribution in [2.75, 3.05) is 13.1 Å². The van der Waals surface area contributed by atoms with Gasteiger partial charge < -0.3 is 4.90 Å². The van der Waals surface area contributed by atoms with E-state index in [4.69, 9.17) is 11.6 Å². The number of hydrogen-bond acceptors (Lipinski definition) is 2. The second-order valence-electron chi connectivity index (χ2n) is 7.12. The number of fused-ring (bicyclic) bond motifs is 1. The maximum atomic E-state index is 13.3. The molecule has 2 aromatic carbocycles. The normalized spacial score (nSPS) is 17.4. The number of carbonyl (C=O) groups is 1. The lowest BCUT2D eigenvalue weighted by atomic mass is 9.86. The van der Waals surface area contributed by atoms with Gasteiger partial charge in [-0.05, 0) is 48.1 Å². The van der Waals surface area contributed by atoms with Gasteiger partial charge in [0.15, 0.2) is 0 Å². The number of amides is 1. The molecule has 0 spiro atoms. The lowest BCUT2D eigenvalue weighted by Gasteiger charge is -2.33. The summed E-state index contributed by atoms with van der Waals surface area (Å²) >= 11 is 5.99. The first-order valence-electron chi connectivity index (χ1n) is 9.13. The van der Waals surface area contributed by atoms with Crippen LogP contribution in [0.15, 0.2) is 47.5 Å². The minimum absolute atomic E-state index is 0.163. The van der Waals surface area contributed by atoms with Crippen LogP contribution in [0.25, 0.3) is 0 Å². The average Bonchev–Trinajstić information content (AvgIpc) is 3.10. The Morgan fingerprint density at radius 1 is 1.11 bits per heavy atom. The fourth-order valence-electron chi connectivity index (χ4n) is 4.01. The van der Waals surface area contributed by atoms with Gasteiger partial charge in [0.2, 0.25) is 0 Å². The third kappa shape index (κ3) is 3.53. The standard InChI is InChI=1S/C21H18ClF3N2O/c22-15-5-6-17-14(11-15)12-26-19(17)20(28)27-9-7-13(8-10-27)16-3-1-2-4-18(16)21(23,24)25/h1-6,11,13H,7-10,12H2. The van der Waals surface area contributed by atoms with Crippen molar-refractivity contribution in [1.82, 2.24) is 4.90 Å². The third-order valence-corrected chi connectivity index (χ3v) is 5.66. The van der Waals surface area contributed by atoms with Gasteiger partial charge in [0.1, 0.15) is 5.71 Å². The van der Waals surface area contributed by atoms with Crippen LogP contribution >= 0.6 is 11.6 Å². The van der Waals surface area contributed by atoms with Crippen LogP contribution in [0.5, 0.6) is 0 Å². The van der Waals surface area contributed by atoms with Crippen molar-refractivity contribution < 1.29 is 18.0 Å². The molecule has 0 bridgehead atoms. The number of rotatable bonds is 2. The number of benzene rings is 2. The zero-order valence-corrected chi connectivity index (χ0v) is 15.7.